The molecule has 0 spiro atoms. The second-order valence-corrected chi connectivity index (χ2v) is 16.3. The van der Waals surface area contributed by atoms with Crippen LogP contribution in [0.3, 0.4) is 0 Å². The summed E-state index contributed by atoms with van der Waals surface area (Å²) in [5.41, 5.74) is 21.9. The molecule has 0 unspecified atom stereocenters. The van der Waals surface area contributed by atoms with E-state index in [-0.39, 0.29) is 6.71 Å². The lowest BCUT2D eigenvalue weighted by atomic mass is 9.31. The van der Waals surface area contributed by atoms with Crippen LogP contribution in [0, 0.1) is 13.8 Å². The van der Waals surface area contributed by atoms with E-state index in [1.165, 1.54) is 94.3 Å². The third-order valence-electron chi connectivity index (χ3n) is 12.6. The average Bonchev–Trinajstić information content (AvgIpc) is 3.64. The van der Waals surface area contributed by atoms with Gasteiger partial charge in [-0.1, -0.05) is 146 Å². The molecule has 0 amide bonds. The van der Waals surface area contributed by atoms with Gasteiger partial charge in [-0.05, 0) is 124 Å². The minimum atomic E-state index is -0.0845. The molecule has 3 nitrogen and oxygen atoms in total. The molecular formula is C56H40BN3. The van der Waals surface area contributed by atoms with Gasteiger partial charge in [0.1, 0.15) is 0 Å². The van der Waals surface area contributed by atoms with Crippen LogP contribution < -0.4 is 26.2 Å². The van der Waals surface area contributed by atoms with Crippen molar-refractivity contribution in [2.24, 2.45) is 0 Å². The van der Waals surface area contributed by atoms with E-state index in [9.17, 15) is 0 Å². The maximum Gasteiger partial charge on any atom is 0.253 e. The predicted molar refractivity (Wildman–Crippen MR) is 255 cm³/mol. The molecule has 282 valence electrons. The Hall–Kier alpha value is -7.56. The first-order valence-electron chi connectivity index (χ1n) is 20.9. The first-order chi connectivity index (χ1) is 29.6. The minimum Gasteiger partial charge on any atom is -0.311 e. The molecule has 2 aliphatic rings. The Bertz CT molecular complexity index is 3070. The predicted octanol–water partition coefficient (Wildman–Crippen LogP) is 12.8. The number of aryl methyl sites for hydroxylation is 2. The Balaban J connectivity index is 1.29. The first kappa shape index (κ1) is 34.5. The van der Waals surface area contributed by atoms with E-state index < -0.39 is 0 Å². The Labute approximate surface area is 351 Å². The van der Waals surface area contributed by atoms with Crippen molar-refractivity contribution in [3.8, 4) is 27.9 Å². The molecule has 10 aromatic rings. The second kappa shape index (κ2) is 13.5. The highest BCUT2D eigenvalue weighted by Gasteiger charge is 2.46. The van der Waals surface area contributed by atoms with Crippen molar-refractivity contribution in [2.45, 2.75) is 13.8 Å². The number of benzene rings is 9. The van der Waals surface area contributed by atoms with Gasteiger partial charge in [-0.2, -0.15) is 0 Å². The van der Waals surface area contributed by atoms with Crippen LogP contribution in [-0.2, 0) is 0 Å². The van der Waals surface area contributed by atoms with Crippen LogP contribution in [0.25, 0.3) is 49.7 Å². The van der Waals surface area contributed by atoms with Crippen LogP contribution in [0.4, 0.5) is 34.1 Å². The molecule has 12 rings (SSSR count). The quantitative estimate of drug-likeness (QED) is 0.162. The SMILES string of the molecule is Cc1cc(-c2ccccc2)c2c(c1)N(c1ccccc1)c1cc(-n3c4ccccc4c4ccccc43)cc3c1B2c1c(-c2ccccc2)cc(C)cc1N3c1ccccc1. The Morgan fingerprint density at radius 2 is 0.700 bits per heavy atom. The number of rotatable bonds is 5. The Kier molecular flexibility index (Phi) is 7.76. The fourth-order valence-electron chi connectivity index (χ4n) is 10.3. The van der Waals surface area contributed by atoms with Crippen molar-refractivity contribution in [1.29, 1.82) is 0 Å². The third-order valence-corrected chi connectivity index (χ3v) is 12.6. The lowest BCUT2D eigenvalue weighted by Crippen LogP contribution is -2.62. The summed E-state index contributed by atoms with van der Waals surface area (Å²) in [6.07, 6.45) is 0. The van der Waals surface area contributed by atoms with Gasteiger partial charge in [-0.15, -0.1) is 0 Å². The smallest absolute Gasteiger partial charge is 0.253 e. The molecule has 0 aliphatic carbocycles. The van der Waals surface area contributed by atoms with Crippen LogP contribution in [0.2, 0.25) is 0 Å². The second-order valence-electron chi connectivity index (χ2n) is 16.3. The molecule has 0 N–H and O–H groups in total. The number of hydrogen-bond acceptors (Lipinski definition) is 2. The molecule has 1 aromatic heterocycles. The summed E-state index contributed by atoms with van der Waals surface area (Å²) in [4.78, 5) is 5.10. The van der Waals surface area contributed by atoms with Gasteiger partial charge in [-0.25, -0.2) is 0 Å². The molecule has 9 aromatic carbocycles. The molecule has 60 heavy (non-hydrogen) atoms. The monoisotopic (exact) mass is 765 g/mol. The normalized spacial score (nSPS) is 12.7. The van der Waals surface area contributed by atoms with Gasteiger partial charge in [-0.3, -0.25) is 0 Å². The lowest BCUT2D eigenvalue weighted by molar-refractivity contribution is 1.16. The van der Waals surface area contributed by atoms with E-state index >= 15 is 0 Å². The van der Waals surface area contributed by atoms with Crippen molar-refractivity contribution in [3.05, 3.63) is 217 Å². The number of aromatic nitrogens is 1. The average molecular weight is 766 g/mol. The highest BCUT2D eigenvalue weighted by atomic mass is 15.2. The number of hydrogen-bond donors (Lipinski definition) is 0. The summed E-state index contributed by atoms with van der Waals surface area (Å²) >= 11 is 0. The van der Waals surface area contributed by atoms with E-state index in [4.69, 9.17) is 0 Å². The van der Waals surface area contributed by atoms with Crippen LogP contribution in [0.1, 0.15) is 11.1 Å². The van der Waals surface area contributed by atoms with Crippen LogP contribution in [0.15, 0.2) is 206 Å². The van der Waals surface area contributed by atoms with Gasteiger partial charge in [0.2, 0.25) is 0 Å². The number of nitrogens with zero attached hydrogens (tertiary/aromatic N) is 3. The summed E-state index contributed by atoms with van der Waals surface area (Å²) in [5, 5.41) is 2.50. The summed E-state index contributed by atoms with van der Waals surface area (Å²) in [6.45, 7) is 4.41. The van der Waals surface area contributed by atoms with Crippen LogP contribution in [0.5, 0.6) is 0 Å². The molecule has 0 fully saturated rings. The Morgan fingerprint density at radius 3 is 1.13 bits per heavy atom. The van der Waals surface area contributed by atoms with Crippen LogP contribution >= 0.6 is 0 Å². The van der Waals surface area contributed by atoms with Gasteiger partial charge in [0.25, 0.3) is 6.71 Å². The molecule has 0 radical (unpaired) electrons. The number of fused-ring (bicyclic) bond motifs is 7. The zero-order chi connectivity index (χ0) is 39.9. The summed E-state index contributed by atoms with van der Waals surface area (Å²) in [5.74, 6) is 0. The zero-order valence-corrected chi connectivity index (χ0v) is 33.5. The highest BCUT2D eigenvalue weighted by Crippen LogP contribution is 2.48. The molecule has 4 heteroatoms. The first-order valence-corrected chi connectivity index (χ1v) is 20.9. The van der Waals surface area contributed by atoms with Crippen molar-refractivity contribution in [1.82, 2.24) is 4.57 Å². The lowest BCUT2D eigenvalue weighted by Gasteiger charge is -2.46. The number of anilines is 6. The molecule has 0 bridgehead atoms. The molecule has 0 atom stereocenters. The maximum atomic E-state index is 2.55. The van der Waals surface area contributed by atoms with Gasteiger partial charge in [0.15, 0.2) is 0 Å². The van der Waals surface area contributed by atoms with Gasteiger partial charge < -0.3 is 14.4 Å². The van der Waals surface area contributed by atoms with E-state index in [0.29, 0.717) is 0 Å². The van der Waals surface area contributed by atoms with Crippen molar-refractivity contribution >= 4 is 79.0 Å². The largest absolute Gasteiger partial charge is 0.311 e. The standard InChI is InChI=1S/C56H40BN3/c1-37-31-46(39-19-7-3-8-20-39)54-50(33-37)58(41-23-11-5-12-24-41)52-35-43(60-48-29-17-15-27-44(48)45-28-16-18-30-49(45)60)36-53-56(52)57(54)55-47(40-21-9-4-10-22-40)32-38(2)34-51(55)59(53)42-25-13-6-14-26-42/h3-36H,1-2H3. The van der Waals surface area contributed by atoms with E-state index in [0.717, 1.165) is 17.1 Å². The van der Waals surface area contributed by atoms with Crippen molar-refractivity contribution < 1.29 is 0 Å². The Morgan fingerprint density at radius 1 is 0.333 bits per heavy atom. The third kappa shape index (κ3) is 5.17. The van der Waals surface area contributed by atoms with E-state index in [1.807, 2.05) is 0 Å². The summed E-state index contributed by atoms with van der Waals surface area (Å²) in [6, 6.07) is 76.3. The zero-order valence-electron chi connectivity index (χ0n) is 33.5. The number of para-hydroxylation sites is 4. The molecule has 3 heterocycles. The van der Waals surface area contributed by atoms with Gasteiger partial charge >= 0.3 is 0 Å². The topological polar surface area (TPSA) is 11.4 Å². The maximum absolute atomic E-state index is 2.55. The molecule has 2 aliphatic heterocycles. The summed E-state index contributed by atoms with van der Waals surface area (Å²) in [7, 11) is 0. The molecular weight excluding hydrogens is 725 g/mol. The van der Waals surface area contributed by atoms with Gasteiger partial charge in [0.05, 0.1) is 16.7 Å². The fourth-order valence-corrected chi connectivity index (χ4v) is 10.3. The molecule has 0 saturated heterocycles. The van der Waals surface area contributed by atoms with Crippen molar-refractivity contribution in [3.63, 3.8) is 0 Å². The minimum absolute atomic E-state index is 0.0845. The fraction of sp³-hybridized carbons (Fsp3) is 0.0357. The van der Waals surface area contributed by atoms with E-state index in [1.54, 1.807) is 0 Å². The van der Waals surface area contributed by atoms with Crippen molar-refractivity contribution in [2.75, 3.05) is 9.80 Å². The summed E-state index contributed by atoms with van der Waals surface area (Å²) < 4.78 is 2.48. The van der Waals surface area contributed by atoms with Crippen LogP contribution in [-0.4, -0.2) is 11.3 Å². The molecule has 0 saturated carbocycles. The van der Waals surface area contributed by atoms with Gasteiger partial charge in [0, 0.05) is 44.9 Å². The van der Waals surface area contributed by atoms with E-state index in [2.05, 4.69) is 234 Å². The highest BCUT2D eigenvalue weighted by molar-refractivity contribution is 7.02.